The fourth-order valence-corrected chi connectivity index (χ4v) is 0.892. The first-order valence-corrected chi connectivity index (χ1v) is 3.44. The van der Waals surface area contributed by atoms with Crippen molar-refractivity contribution < 1.29 is 5.11 Å². The summed E-state index contributed by atoms with van der Waals surface area (Å²) in [5.74, 6) is 5.80. The largest absolute Gasteiger partial charge is 0.389 e. The highest BCUT2D eigenvalue weighted by atomic mass is 16.3. The second kappa shape index (κ2) is 3.57. The molecule has 0 aromatic rings. The summed E-state index contributed by atoms with van der Waals surface area (Å²) in [5, 5.41) is 12.3. The Morgan fingerprint density at radius 2 is 2.60 bits per heavy atom. The van der Waals surface area contributed by atoms with E-state index in [4.69, 9.17) is 5.73 Å². The molecule has 2 unspecified atom stereocenters. The van der Waals surface area contributed by atoms with Gasteiger partial charge in [0.2, 0.25) is 0 Å². The molecule has 0 fully saturated rings. The van der Waals surface area contributed by atoms with Crippen molar-refractivity contribution in [1.29, 1.82) is 0 Å². The predicted octanol–water partition coefficient (Wildman–Crippen LogP) is -1.33. The molecule has 3 heteroatoms. The van der Waals surface area contributed by atoms with E-state index in [-0.39, 0.29) is 12.6 Å². The van der Waals surface area contributed by atoms with Crippen LogP contribution in [0.4, 0.5) is 0 Å². The zero-order valence-corrected chi connectivity index (χ0v) is 5.80. The number of aliphatic hydroxyl groups is 1. The molecule has 0 aromatic heterocycles. The van der Waals surface area contributed by atoms with Crippen LogP contribution in [0.3, 0.4) is 0 Å². The fraction of sp³-hybridized carbons (Fsp3) is 0.714. The highest BCUT2D eigenvalue weighted by Crippen LogP contribution is 1.94. The van der Waals surface area contributed by atoms with Crippen molar-refractivity contribution in [2.45, 2.75) is 18.6 Å². The van der Waals surface area contributed by atoms with E-state index in [1.165, 1.54) is 0 Å². The average Bonchev–Trinajstić information content (AvgIpc) is 2.05. The molecule has 0 radical (unpaired) electrons. The molecule has 0 bridgehead atoms. The SMILES string of the molecule is NCC(O)C1C#CCCN1. The van der Waals surface area contributed by atoms with Crippen molar-refractivity contribution >= 4 is 0 Å². The molecule has 0 spiro atoms. The summed E-state index contributed by atoms with van der Waals surface area (Å²) in [6, 6.07) is -0.112. The summed E-state index contributed by atoms with van der Waals surface area (Å²) >= 11 is 0. The lowest BCUT2D eigenvalue weighted by Gasteiger charge is -2.19. The Hall–Kier alpha value is -0.560. The number of aliphatic hydroxyl groups excluding tert-OH is 1. The molecular weight excluding hydrogens is 128 g/mol. The Bertz CT molecular complexity index is 159. The molecule has 0 aromatic carbocycles. The molecule has 0 saturated heterocycles. The first-order chi connectivity index (χ1) is 4.84. The van der Waals surface area contributed by atoms with Crippen LogP contribution in [0.25, 0.3) is 0 Å². The zero-order valence-electron chi connectivity index (χ0n) is 5.80. The van der Waals surface area contributed by atoms with Gasteiger partial charge in [0.25, 0.3) is 0 Å². The first-order valence-electron chi connectivity index (χ1n) is 3.44. The van der Waals surface area contributed by atoms with E-state index in [2.05, 4.69) is 17.2 Å². The molecule has 1 aliphatic rings. The van der Waals surface area contributed by atoms with Gasteiger partial charge in [0.1, 0.15) is 0 Å². The molecule has 4 N–H and O–H groups in total. The van der Waals surface area contributed by atoms with Crippen molar-refractivity contribution in [1.82, 2.24) is 5.32 Å². The van der Waals surface area contributed by atoms with Gasteiger partial charge in [0, 0.05) is 19.5 Å². The first kappa shape index (κ1) is 7.55. The van der Waals surface area contributed by atoms with Gasteiger partial charge in [-0.05, 0) is 0 Å². The standard InChI is InChI=1S/C7H12N2O/c8-5-7(10)6-3-1-2-4-9-6/h6-7,9-10H,2,4-5,8H2. The topological polar surface area (TPSA) is 58.3 Å². The van der Waals surface area contributed by atoms with Crippen molar-refractivity contribution in [3.05, 3.63) is 0 Å². The van der Waals surface area contributed by atoms with E-state index in [0.29, 0.717) is 0 Å². The summed E-state index contributed by atoms with van der Waals surface area (Å²) in [6.07, 6.45) is 0.348. The summed E-state index contributed by atoms with van der Waals surface area (Å²) < 4.78 is 0. The van der Waals surface area contributed by atoms with Gasteiger partial charge in [0.15, 0.2) is 0 Å². The molecule has 3 nitrogen and oxygen atoms in total. The minimum Gasteiger partial charge on any atom is -0.389 e. The number of hydrogen-bond acceptors (Lipinski definition) is 3. The van der Waals surface area contributed by atoms with E-state index in [1.54, 1.807) is 0 Å². The quantitative estimate of drug-likeness (QED) is 0.417. The van der Waals surface area contributed by atoms with Crippen LogP contribution in [0.1, 0.15) is 6.42 Å². The second-order valence-corrected chi connectivity index (χ2v) is 2.31. The number of hydrogen-bond donors (Lipinski definition) is 3. The van der Waals surface area contributed by atoms with Gasteiger partial charge >= 0.3 is 0 Å². The fourth-order valence-electron chi connectivity index (χ4n) is 0.892. The maximum absolute atomic E-state index is 9.19. The third-order valence-electron chi connectivity index (χ3n) is 1.50. The zero-order chi connectivity index (χ0) is 7.40. The van der Waals surface area contributed by atoms with Crippen LogP contribution in [0, 0.1) is 11.8 Å². The van der Waals surface area contributed by atoms with Crippen LogP contribution >= 0.6 is 0 Å². The van der Waals surface area contributed by atoms with Gasteiger partial charge in [-0.3, -0.25) is 0 Å². The minimum absolute atomic E-state index is 0.112. The van der Waals surface area contributed by atoms with E-state index in [9.17, 15) is 5.11 Å². The molecule has 10 heavy (non-hydrogen) atoms. The van der Waals surface area contributed by atoms with Crippen LogP contribution in [0.15, 0.2) is 0 Å². The van der Waals surface area contributed by atoms with Crippen molar-refractivity contribution in [3.8, 4) is 11.8 Å². The Morgan fingerprint density at radius 3 is 3.10 bits per heavy atom. The third kappa shape index (κ3) is 1.71. The Balaban J connectivity index is 2.44. The van der Waals surface area contributed by atoms with Gasteiger partial charge in [0.05, 0.1) is 12.1 Å². The lowest BCUT2D eigenvalue weighted by molar-refractivity contribution is 0.156. The Kier molecular flexibility index (Phi) is 2.69. The maximum atomic E-state index is 9.19. The van der Waals surface area contributed by atoms with Crippen LogP contribution in [-0.2, 0) is 0 Å². The summed E-state index contributed by atoms with van der Waals surface area (Å²) in [7, 11) is 0. The van der Waals surface area contributed by atoms with Gasteiger partial charge in [-0.15, -0.1) is 5.92 Å². The molecule has 0 saturated carbocycles. The van der Waals surface area contributed by atoms with Crippen molar-refractivity contribution in [2.24, 2.45) is 5.73 Å². The average molecular weight is 140 g/mol. The number of rotatable bonds is 2. The second-order valence-electron chi connectivity index (χ2n) is 2.31. The summed E-state index contributed by atoms with van der Waals surface area (Å²) in [4.78, 5) is 0. The highest BCUT2D eigenvalue weighted by molar-refractivity contribution is 5.13. The van der Waals surface area contributed by atoms with E-state index in [0.717, 1.165) is 13.0 Å². The van der Waals surface area contributed by atoms with Crippen LogP contribution in [0.2, 0.25) is 0 Å². The molecule has 1 aliphatic heterocycles. The minimum atomic E-state index is -0.521. The normalized spacial score (nSPS) is 26.8. The molecule has 1 rings (SSSR count). The lowest BCUT2D eigenvalue weighted by atomic mass is 10.1. The van der Waals surface area contributed by atoms with Crippen molar-refractivity contribution in [3.63, 3.8) is 0 Å². The van der Waals surface area contributed by atoms with E-state index in [1.807, 2.05) is 0 Å². The highest BCUT2D eigenvalue weighted by Gasteiger charge is 2.15. The lowest BCUT2D eigenvalue weighted by Crippen LogP contribution is -2.44. The maximum Gasteiger partial charge on any atom is 0.0965 e. The Morgan fingerprint density at radius 1 is 1.80 bits per heavy atom. The van der Waals surface area contributed by atoms with Crippen LogP contribution in [-0.4, -0.2) is 30.3 Å². The molecule has 0 aliphatic carbocycles. The van der Waals surface area contributed by atoms with E-state index >= 15 is 0 Å². The molecule has 2 atom stereocenters. The monoisotopic (exact) mass is 140 g/mol. The summed E-state index contributed by atoms with van der Waals surface area (Å²) in [5.41, 5.74) is 5.25. The van der Waals surface area contributed by atoms with E-state index < -0.39 is 6.10 Å². The van der Waals surface area contributed by atoms with Gasteiger partial charge in [-0.2, -0.15) is 0 Å². The third-order valence-corrected chi connectivity index (χ3v) is 1.50. The molecular formula is C7H12N2O. The molecule has 0 amide bonds. The molecule has 1 heterocycles. The molecule has 56 valence electrons. The van der Waals surface area contributed by atoms with Gasteiger partial charge in [-0.1, -0.05) is 5.92 Å². The predicted molar refractivity (Wildman–Crippen MR) is 39.2 cm³/mol. The van der Waals surface area contributed by atoms with Crippen LogP contribution in [0.5, 0.6) is 0 Å². The van der Waals surface area contributed by atoms with Crippen LogP contribution < -0.4 is 11.1 Å². The van der Waals surface area contributed by atoms with Gasteiger partial charge < -0.3 is 16.2 Å². The number of nitrogens with two attached hydrogens (primary N) is 1. The summed E-state index contributed by atoms with van der Waals surface area (Å²) in [6.45, 7) is 1.13. The number of nitrogens with one attached hydrogen (secondary N) is 1. The Labute approximate surface area is 60.6 Å². The smallest absolute Gasteiger partial charge is 0.0965 e. The van der Waals surface area contributed by atoms with Crippen molar-refractivity contribution in [2.75, 3.05) is 13.1 Å². The van der Waals surface area contributed by atoms with Gasteiger partial charge in [-0.25, -0.2) is 0 Å².